The number of aliphatic hydroxyl groups excluding tert-OH is 2. The maximum atomic E-state index is 12.5. The summed E-state index contributed by atoms with van der Waals surface area (Å²) in [5.74, 6) is 0.903. The number of aryl methyl sites for hydroxylation is 4. The lowest BCUT2D eigenvalue weighted by atomic mass is 9.99. The fourth-order valence-electron chi connectivity index (χ4n) is 7.65. The molecule has 0 spiro atoms. The number of rotatable bonds is 9. The van der Waals surface area contributed by atoms with E-state index in [1.165, 1.54) is 80.1 Å². The molecule has 0 fully saturated rings. The third-order valence-corrected chi connectivity index (χ3v) is 12.0. The number of primary sulfonamides is 1. The molecule has 0 bridgehead atoms. The van der Waals surface area contributed by atoms with Crippen LogP contribution in [0.3, 0.4) is 0 Å². The number of anilines is 1. The Balaban J connectivity index is 0.000000154. The molecule has 0 radical (unpaired) electrons. The Morgan fingerprint density at radius 2 is 1.20 bits per heavy atom. The van der Waals surface area contributed by atoms with Gasteiger partial charge in [0.15, 0.2) is 10.1 Å². The molecule has 6 N–H and O–H groups in total. The summed E-state index contributed by atoms with van der Waals surface area (Å²) in [6, 6.07) is 6.39. The minimum Gasteiger partial charge on any atom is -0.394 e. The van der Waals surface area contributed by atoms with E-state index in [9.17, 15) is 21.6 Å². The van der Waals surface area contributed by atoms with Crippen LogP contribution in [0.1, 0.15) is 70.2 Å². The zero-order valence-corrected chi connectivity index (χ0v) is 31.4. The van der Waals surface area contributed by atoms with E-state index in [1.807, 2.05) is 11.0 Å². The van der Waals surface area contributed by atoms with Crippen molar-refractivity contribution in [2.75, 3.05) is 18.5 Å². The van der Waals surface area contributed by atoms with Crippen molar-refractivity contribution in [3.63, 3.8) is 0 Å². The van der Waals surface area contributed by atoms with Crippen LogP contribution in [-0.4, -0.2) is 65.9 Å². The van der Waals surface area contributed by atoms with Crippen LogP contribution in [0.15, 0.2) is 46.7 Å². The van der Waals surface area contributed by atoms with Crippen LogP contribution < -0.4 is 19.9 Å². The topological polar surface area (TPSA) is 245 Å². The number of carbonyl (C=O) groups excluding carboxylic acids is 1. The number of sulfonamides is 2. The van der Waals surface area contributed by atoms with E-state index in [1.54, 1.807) is 0 Å². The molecular formula is C36H44N8O8S2. The predicted octanol–water partition coefficient (Wildman–Crippen LogP) is 2.41. The van der Waals surface area contributed by atoms with Gasteiger partial charge in [-0.3, -0.25) is 9.36 Å². The fraction of sp³-hybridized carbons (Fsp3) is 0.444. The van der Waals surface area contributed by atoms with Gasteiger partial charge in [0.2, 0.25) is 0 Å². The van der Waals surface area contributed by atoms with Gasteiger partial charge in [-0.05, 0) is 134 Å². The molecule has 4 aliphatic carbocycles. The molecule has 16 nitrogen and oxygen atoms in total. The third kappa shape index (κ3) is 8.77. The van der Waals surface area contributed by atoms with Gasteiger partial charge in [0.25, 0.3) is 26.3 Å². The van der Waals surface area contributed by atoms with Gasteiger partial charge in [-0.2, -0.15) is 18.6 Å². The summed E-state index contributed by atoms with van der Waals surface area (Å²) >= 11 is 0. The number of aromatic nitrogens is 4. The van der Waals surface area contributed by atoms with Crippen LogP contribution in [0.4, 0.5) is 10.5 Å². The maximum absolute atomic E-state index is 12.5. The molecule has 2 heterocycles. The Labute approximate surface area is 314 Å². The van der Waals surface area contributed by atoms with Crippen molar-refractivity contribution in [2.45, 2.75) is 100 Å². The zero-order valence-electron chi connectivity index (χ0n) is 29.8. The quantitative estimate of drug-likeness (QED) is 0.154. The van der Waals surface area contributed by atoms with Crippen molar-refractivity contribution in [3.8, 4) is 12.0 Å². The standard InChI is InChI=1S/C18H22N4O4S.C13H13NO.C5H9N3O3S/c23-10-9-22-8-7-16(20-22)27(25,26)21-18(24)19-17-14-5-1-3-12(14)11-13-4-2-6-15(13)17;14-8-15-13-11-5-1-3-9(11)7-10-4-2-6-12(10)13;6-12(10,11)5-1-2-8(7-5)3-4-9/h7-8,11,23H,1-6,9-10H2,(H2,19,21,24);7H,1-6H2;1-2,9H,3-4H2,(H2,6,10,11). The Hall–Kier alpha value is -4.80. The number of fused-ring (bicyclic) bond motifs is 4. The summed E-state index contributed by atoms with van der Waals surface area (Å²) in [5, 5.41) is 40.8. The predicted molar refractivity (Wildman–Crippen MR) is 197 cm³/mol. The third-order valence-electron chi connectivity index (χ3n) is 9.96. The molecule has 0 saturated carbocycles. The van der Waals surface area contributed by atoms with Crippen molar-refractivity contribution in [1.29, 1.82) is 5.26 Å². The number of nitriles is 1. The maximum Gasteiger partial charge on any atom is 0.333 e. The van der Waals surface area contributed by atoms with E-state index >= 15 is 0 Å². The molecule has 54 heavy (non-hydrogen) atoms. The first-order valence-electron chi connectivity index (χ1n) is 18.0. The SMILES string of the molecule is N#COc1c2c(cc3c1CCC3)CCC2.NS(=O)(=O)c1ccn(CCO)n1.O=C(Nc1c2c(cc3c1CCC3)CCC2)NS(=O)(=O)c1ccn(CCO)n1. The molecular weight excluding hydrogens is 737 g/mol. The highest BCUT2D eigenvalue weighted by atomic mass is 32.2. The molecule has 0 saturated heterocycles. The molecule has 288 valence electrons. The summed E-state index contributed by atoms with van der Waals surface area (Å²) in [4.78, 5) is 12.5. The number of hydrogen-bond acceptors (Lipinski definition) is 11. The smallest absolute Gasteiger partial charge is 0.333 e. The first-order chi connectivity index (χ1) is 25.9. The van der Waals surface area contributed by atoms with Gasteiger partial charge in [-0.25, -0.2) is 23.1 Å². The highest BCUT2D eigenvalue weighted by molar-refractivity contribution is 7.90. The summed E-state index contributed by atoms with van der Waals surface area (Å²) < 4.78 is 56.0. The molecule has 0 unspecified atom stereocenters. The molecule has 0 aliphatic heterocycles. The number of hydrogen-bond donors (Lipinski definition) is 5. The fourth-order valence-corrected chi connectivity index (χ4v) is 8.97. The molecule has 4 aliphatic rings. The van der Waals surface area contributed by atoms with Crippen molar-refractivity contribution in [3.05, 3.63) is 81.2 Å². The van der Waals surface area contributed by atoms with E-state index in [0.29, 0.717) is 0 Å². The van der Waals surface area contributed by atoms with E-state index in [-0.39, 0.29) is 36.4 Å². The van der Waals surface area contributed by atoms with E-state index in [2.05, 4.69) is 27.6 Å². The molecule has 0 atom stereocenters. The summed E-state index contributed by atoms with van der Waals surface area (Å²) in [6.07, 6.45) is 17.5. The lowest BCUT2D eigenvalue weighted by Crippen LogP contribution is -2.35. The number of nitrogens with zero attached hydrogens (tertiary/aromatic N) is 5. The minimum atomic E-state index is -4.08. The normalized spacial score (nSPS) is 15.1. The Morgan fingerprint density at radius 3 is 1.65 bits per heavy atom. The number of nitrogens with one attached hydrogen (secondary N) is 2. The second kappa shape index (κ2) is 16.7. The zero-order chi connectivity index (χ0) is 38.5. The van der Waals surface area contributed by atoms with Crippen LogP contribution in [-0.2, 0) is 84.5 Å². The second-order valence-corrected chi connectivity index (χ2v) is 16.6. The van der Waals surface area contributed by atoms with E-state index < -0.39 is 26.1 Å². The Kier molecular flexibility index (Phi) is 12.0. The number of ether oxygens (including phenoxy) is 1. The lowest BCUT2D eigenvalue weighted by molar-refractivity contribution is 0.256. The summed E-state index contributed by atoms with van der Waals surface area (Å²) in [6.45, 7) is 0.199. The monoisotopic (exact) mass is 780 g/mol. The molecule has 2 aromatic carbocycles. The minimum absolute atomic E-state index is 0.0915. The molecule has 8 rings (SSSR count). The van der Waals surface area contributed by atoms with Gasteiger partial charge in [0, 0.05) is 18.1 Å². The summed E-state index contributed by atoms with van der Waals surface area (Å²) in [5.41, 5.74) is 11.0. The molecule has 18 heteroatoms. The van der Waals surface area contributed by atoms with E-state index in [0.717, 1.165) is 86.8 Å². The van der Waals surface area contributed by atoms with Gasteiger partial charge >= 0.3 is 6.03 Å². The van der Waals surface area contributed by atoms with Gasteiger partial charge < -0.3 is 20.3 Å². The highest BCUT2D eigenvalue weighted by Gasteiger charge is 2.28. The van der Waals surface area contributed by atoms with Gasteiger partial charge in [0.1, 0.15) is 5.75 Å². The van der Waals surface area contributed by atoms with Gasteiger partial charge in [-0.1, -0.05) is 12.1 Å². The van der Waals surface area contributed by atoms with Crippen LogP contribution in [0.25, 0.3) is 0 Å². The number of urea groups is 1. The number of benzene rings is 2. The van der Waals surface area contributed by atoms with Crippen molar-refractivity contribution in [2.24, 2.45) is 5.14 Å². The van der Waals surface area contributed by atoms with Crippen LogP contribution >= 0.6 is 0 Å². The largest absolute Gasteiger partial charge is 0.394 e. The van der Waals surface area contributed by atoms with Crippen molar-refractivity contribution >= 4 is 31.8 Å². The Morgan fingerprint density at radius 1 is 0.759 bits per heavy atom. The van der Waals surface area contributed by atoms with Gasteiger partial charge in [0.05, 0.1) is 26.3 Å². The number of aliphatic hydroxyl groups is 2. The van der Waals surface area contributed by atoms with Crippen LogP contribution in [0.5, 0.6) is 5.75 Å². The van der Waals surface area contributed by atoms with Crippen molar-refractivity contribution < 1.29 is 36.6 Å². The second-order valence-electron chi connectivity index (χ2n) is 13.5. The Bertz CT molecular complexity index is 2230. The average Bonchev–Trinajstić information content (AvgIpc) is 3.96. The number of nitrogens with two attached hydrogens (primary N) is 1. The molecule has 4 aromatic rings. The summed E-state index contributed by atoms with van der Waals surface area (Å²) in [7, 11) is -7.79. The van der Waals surface area contributed by atoms with Crippen molar-refractivity contribution in [1.82, 2.24) is 24.3 Å². The number of amides is 2. The first kappa shape index (κ1) is 38.9. The van der Waals surface area contributed by atoms with Gasteiger partial charge in [-0.15, -0.1) is 5.26 Å². The van der Waals surface area contributed by atoms with E-state index in [4.69, 9.17) is 25.4 Å². The molecule has 2 aromatic heterocycles. The number of carbonyl (C=O) groups is 1. The first-order valence-corrected chi connectivity index (χ1v) is 21.0. The lowest BCUT2D eigenvalue weighted by Gasteiger charge is -2.16. The average molecular weight is 781 g/mol. The van der Waals surface area contributed by atoms with Crippen LogP contribution in [0, 0.1) is 11.5 Å². The van der Waals surface area contributed by atoms with Crippen LogP contribution in [0.2, 0.25) is 0 Å². The highest BCUT2D eigenvalue weighted by Crippen LogP contribution is 2.40. The molecule has 2 amide bonds.